The summed E-state index contributed by atoms with van der Waals surface area (Å²) in [5, 5.41) is 0.732. The molecule has 1 aliphatic heterocycles. The average Bonchev–Trinajstić information content (AvgIpc) is 2.67. The van der Waals surface area contributed by atoms with E-state index in [0.717, 1.165) is 36.9 Å². The molecule has 0 atom stereocenters. The van der Waals surface area contributed by atoms with Crippen LogP contribution in [-0.4, -0.2) is 42.7 Å². The van der Waals surface area contributed by atoms with Crippen molar-refractivity contribution in [3.05, 3.63) is 64.9 Å². The predicted octanol–water partition coefficient (Wildman–Crippen LogP) is 4.45. The third-order valence-electron chi connectivity index (χ3n) is 4.50. The molecule has 0 unspecified atom stereocenters. The SMILES string of the molecule is O=C(CCSCc1ccccc1F)N1CCN(c2ccc(Cl)cc2)CC1. The number of amides is 1. The third-order valence-corrected chi connectivity index (χ3v) is 5.76. The van der Waals surface area contributed by atoms with Crippen LogP contribution in [0, 0.1) is 5.82 Å². The Kier molecular flexibility index (Phi) is 6.80. The molecule has 0 bridgehead atoms. The molecule has 3 nitrogen and oxygen atoms in total. The maximum Gasteiger partial charge on any atom is 0.223 e. The molecule has 6 heteroatoms. The highest BCUT2D eigenvalue weighted by atomic mass is 35.5. The first-order valence-corrected chi connectivity index (χ1v) is 10.3. The lowest BCUT2D eigenvalue weighted by Gasteiger charge is -2.36. The van der Waals surface area contributed by atoms with E-state index in [2.05, 4.69) is 4.90 Å². The Balaban J connectivity index is 1.38. The van der Waals surface area contributed by atoms with Gasteiger partial charge in [0.15, 0.2) is 0 Å². The van der Waals surface area contributed by atoms with Crippen molar-refractivity contribution in [3.8, 4) is 0 Å². The minimum Gasteiger partial charge on any atom is -0.368 e. The monoisotopic (exact) mass is 392 g/mol. The standard InChI is InChI=1S/C20H22ClFN2OS/c21-17-5-7-18(8-6-17)23-10-12-24(13-11-23)20(25)9-14-26-15-16-3-1-2-4-19(16)22/h1-8H,9-15H2. The Morgan fingerprint density at radius 2 is 1.73 bits per heavy atom. The minimum absolute atomic E-state index is 0.176. The molecule has 0 saturated carbocycles. The largest absolute Gasteiger partial charge is 0.368 e. The Bertz CT molecular complexity index is 733. The van der Waals surface area contributed by atoms with E-state index in [4.69, 9.17) is 11.6 Å². The lowest BCUT2D eigenvalue weighted by Crippen LogP contribution is -2.48. The van der Waals surface area contributed by atoms with Crippen LogP contribution in [0.3, 0.4) is 0 Å². The molecule has 26 heavy (non-hydrogen) atoms. The molecule has 2 aromatic rings. The first-order chi connectivity index (χ1) is 12.6. The Hall–Kier alpha value is -1.72. The summed E-state index contributed by atoms with van der Waals surface area (Å²) in [5.41, 5.74) is 1.84. The molecule has 1 heterocycles. The fourth-order valence-electron chi connectivity index (χ4n) is 2.98. The maximum absolute atomic E-state index is 13.6. The van der Waals surface area contributed by atoms with Gasteiger partial charge in [0, 0.05) is 54.8 Å². The van der Waals surface area contributed by atoms with Crippen molar-refractivity contribution in [2.45, 2.75) is 12.2 Å². The highest BCUT2D eigenvalue weighted by Gasteiger charge is 2.20. The van der Waals surface area contributed by atoms with Gasteiger partial charge in [0.05, 0.1) is 0 Å². The van der Waals surface area contributed by atoms with E-state index in [-0.39, 0.29) is 11.7 Å². The zero-order valence-electron chi connectivity index (χ0n) is 14.5. The van der Waals surface area contributed by atoms with Gasteiger partial charge in [-0.25, -0.2) is 4.39 Å². The van der Waals surface area contributed by atoms with E-state index in [1.165, 1.54) is 6.07 Å². The van der Waals surface area contributed by atoms with E-state index in [0.29, 0.717) is 23.5 Å². The van der Waals surface area contributed by atoms with Gasteiger partial charge >= 0.3 is 0 Å². The van der Waals surface area contributed by atoms with E-state index in [9.17, 15) is 9.18 Å². The van der Waals surface area contributed by atoms with E-state index in [1.807, 2.05) is 35.2 Å². The maximum atomic E-state index is 13.6. The number of halogens is 2. The zero-order valence-corrected chi connectivity index (χ0v) is 16.1. The van der Waals surface area contributed by atoms with Gasteiger partial charge in [-0.3, -0.25) is 4.79 Å². The topological polar surface area (TPSA) is 23.6 Å². The van der Waals surface area contributed by atoms with Gasteiger partial charge in [-0.2, -0.15) is 11.8 Å². The normalized spacial score (nSPS) is 14.5. The highest BCUT2D eigenvalue weighted by Crippen LogP contribution is 2.20. The summed E-state index contributed by atoms with van der Waals surface area (Å²) in [6.07, 6.45) is 0.500. The van der Waals surface area contributed by atoms with Crippen LogP contribution in [0.1, 0.15) is 12.0 Å². The number of hydrogen-bond donors (Lipinski definition) is 0. The summed E-state index contributed by atoms with van der Waals surface area (Å²) < 4.78 is 13.6. The molecule has 3 rings (SSSR count). The van der Waals surface area contributed by atoms with Crippen LogP contribution < -0.4 is 4.90 Å². The van der Waals surface area contributed by atoms with Gasteiger partial charge < -0.3 is 9.80 Å². The van der Waals surface area contributed by atoms with Crippen LogP contribution in [0.25, 0.3) is 0 Å². The fraction of sp³-hybridized carbons (Fsp3) is 0.350. The predicted molar refractivity (Wildman–Crippen MR) is 107 cm³/mol. The van der Waals surface area contributed by atoms with Gasteiger partial charge in [0.2, 0.25) is 5.91 Å². The van der Waals surface area contributed by atoms with Crippen molar-refractivity contribution in [3.63, 3.8) is 0 Å². The number of piperazine rings is 1. The molecule has 0 spiro atoms. The second kappa shape index (κ2) is 9.28. The van der Waals surface area contributed by atoms with Gasteiger partial charge in [-0.15, -0.1) is 0 Å². The summed E-state index contributed by atoms with van der Waals surface area (Å²) >= 11 is 7.53. The van der Waals surface area contributed by atoms with Gasteiger partial charge in [-0.1, -0.05) is 29.8 Å². The Labute approximate surface area is 163 Å². The smallest absolute Gasteiger partial charge is 0.223 e. The third kappa shape index (κ3) is 5.15. The lowest BCUT2D eigenvalue weighted by atomic mass is 10.2. The van der Waals surface area contributed by atoms with Crippen molar-refractivity contribution in [2.75, 3.05) is 36.8 Å². The van der Waals surface area contributed by atoms with Crippen LogP contribution in [-0.2, 0) is 10.5 Å². The summed E-state index contributed by atoms with van der Waals surface area (Å²) in [6.45, 7) is 3.13. The molecule has 1 saturated heterocycles. The van der Waals surface area contributed by atoms with E-state index in [1.54, 1.807) is 23.9 Å². The molecule has 0 aliphatic carbocycles. The Morgan fingerprint density at radius 1 is 1.04 bits per heavy atom. The van der Waals surface area contributed by atoms with Crippen LogP contribution >= 0.6 is 23.4 Å². The number of benzene rings is 2. The average molecular weight is 393 g/mol. The molecule has 0 radical (unpaired) electrons. The van der Waals surface area contributed by atoms with E-state index < -0.39 is 0 Å². The second-order valence-corrected chi connectivity index (χ2v) is 7.78. The highest BCUT2D eigenvalue weighted by molar-refractivity contribution is 7.98. The van der Waals surface area contributed by atoms with Crippen LogP contribution in [0.2, 0.25) is 5.02 Å². The molecule has 1 fully saturated rings. The lowest BCUT2D eigenvalue weighted by molar-refractivity contribution is -0.131. The van der Waals surface area contributed by atoms with Gasteiger partial charge in [-0.05, 0) is 35.9 Å². The van der Waals surface area contributed by atoms with Crippen molar-refractivity contribution >= 4 is 35.0 Å². The molecule has 2 aromatic carbocycles. The molecule has 1 aliphatic rings. The van der Waals surface area contributed by atoms with Crippen molar-refractivity contribution in [1.29, 1.82) is 0 Å². The Morgan fingerprint density at radius 3 is 2.42 bits per heavy atom. The fourth-order valence-corrected chi connectivity index (χ4v) is 4.02. The summed E-state index contributed by atoms with van der Waals surface area (Å²) in [4.78, 5) is 16.6. The molecule has 138 valence electrons. The van der Waals surface area contributed by atoms with Gasteiger partial charge in [0.1, 0.15) is 5.82 Å². The summed E-state index contributed by atoms with van der Waals surface area (Å²) in [6, 6.07) is 14.6. The van der Waals surface area contributed by atoms with Crippen LogP contribution in [0.5, 0.6) is 0 Å². The van der Waals surface area contributed by atoms with Crippen molar-refractivity contribution < 1.29 is 9.18 Å². The number of nitrogens with zero attached hydrogens (tertiary/aromatic N) is 2. The summed E-state index contributed by atoms with van der Waals surface area (Å²) in [7, 11) is 0. The number of carbonyl (C=O) groups excluding carboxylic acids is 1. The first-order valence-electron chi connectivity index (χ1n) is 8.73. The number of carbonyl (C=O) groups is 1. The second-order valence-electron chi connectivity index (χ2n) is 6.24. The first kappa shape index (κ1) is 19.1. The minimum atomic E-state index is -0.176. The summed E-state index contributed by atoms with van der Waals surface area (Å²) in [5.74, 6) is 1.32. The molecular formula is C20H22ClFN2OS. The van der Waals surface area contributed by atoms with Crippen molar-refractivity contribution in [2.24, 2.45) is 0 Å². The van der Waals surface area contributed by atoms with Crippen LogP contribution in [0.4, 0.5) is 10.1 Å². The number of thioether (sulfide) groups is 1. The zero-order chi connectivity index (χ0) is 18.4. The van der Waals surface area contributed by atoms with Crippen LogP contribution in [0.15, 0.2) is 48.5 Å². The molecular weight excluding hydrogens is 371 g/mol. The van der Waals surface area contributed by atoms with Crippen molar-refractivity contribution in [1.82, 2.24) is 4.90 Å². The quantitative estimate of drug-likeness (QED) is 0.678. The van der Waals surface area contributed by atoms with E-state index >= 15 is 0 Å². The number of anilines is 1. The number of rotatable bonds is 6. The number of hydrogen-bond acceptors (Lipinski definition) is 3. The molecule has 0 N–H and O–H groups in total. The molecule has 0 aromatic heterocycles. The van der Waals surface area contributed by atoms with Gasteiger partial charge in [0.25, 0.3) is 0 Å². The molecule has 1 amide bonds.